The fourth-order valence-electron chi connectivity index (χ4n) is 6.19. The minimum atomic E-state index is -1.67. The lowest BCUT2D eigenvalue weighted by atomic mass is 9.86. The van der Waals surface area contributed by atoms with Crippen molar-refractivity contribution >= 4 is 29.0 Å². The number of likely N-dealkylation sites (tertiary alicyclic amines) is 1. The van der Waals surface area contributed by atoms with Crippen molar-refractivity contribution in [1.29, 1.82) is 0 Å². The van der Waals surface area contributed by atoms with Gasteiger partial charge in [0.2, 0.25) is 11.8 Å². The predicted molar refractivity (Wildman–Crippen MR) is 145 cm³/mol. The van der Waals surface area contributed by atoms with E-state index in [1.165, 1.54) is 0 Å². The number of ether oxygens (including phenoxy) is 1. The first-order chi connectivity index (χ1) is 18.9. The van der Waals surface area contributed by atoms with E-state index in [-0.39, 0.29) is 30.4 Å². The number of fused-ring (bicyclic) bond motifs is 1. The van der Waals surface area contributed by atoms with Crippen molar-refractivity contribution in [3.63, 3.8) is 0 Å². The van der Waals surface area contributed by atoms with Crippen molar-refractivity contribution in [2.75, 3.05) is 26.2 Å². The maximum absolute atomic E-state index is 12.8. The fourth-order valence-corrected chi connectivity index (χ4v) is 6.73. The van der Waals surface area contributed by atoms with Gasteiger partial charge in [-0.1, -0.05) is 11.8 Å². The Morgan fingerprint density at radius 3 is 2.56 bits per heavy atom. The Morgan fingerprint density at radius 2 is 1.85 bits per heavy atom. The molecule has 11 heteroatoms. The van der Waals surface area contributed by atoms with Gasteiger partial charge in [-0.25, -0.2) is 0 Å². The highest BCUT2D eigenvalue weighted by Gasteiger charge is 2.39. The SMILES string of the molecule is O=C1CCC(N2Cc3cc(C#CCOC4CCN(CC5CCC(NS(=O)[OH2+])CC5)CC4)ccc3C2=O)C(=O)N1. The summed E-state index contributed by atoms with van der Waals surface area (Å²) in [6, 6.07) is 5.10. The van der Waals surface area contributed by atoms with Crippen molar-refractivity contribution < 1.29 is 27.9 Å². The minimum Gasteiger partial charge on any atom is -0.365 e. The summed E-state index contributed by atoms with van der Waals surface area (Å²) >= 11 is -1.67. The van der Waals surface area contributed by atoms with Gasteiger partial charge in [0, 0.05) is 49.8 Å². The van der Waals surface area contributed by atoms with Crippen LogP contribution in [-0.4, -0.2) is 80.7 Å². The number of amides is 3. The zero-order chi connectivity index (χ0) is 27.4. The van der Waals surface area contributed by atoms with Crippen LogP contribution >= 0.6 is 0 Å². The van der Waals surface area contributed by atoms with Crippen LogP contribution < -0.4 is 10.0 Å². The second kappa shape index (κ2) is 12.7. The monoisotopic (exact) mass is 557 g/mol. The first kappa shape index (κ1) is 27.9. The number of piperidine rings is 2. The van der Waals surface area contributed by atoms with Crippen molar-refractivity contribution in [2.24, 2.45) is 5.92 Å². The van der Waals surface area contributed by atoms with Gasteiger partial charge in [-0.05, 0) is 74.6 Å². The van der Waals surface area contributed by atoms with Crippen molar-refractivity contribution in [1.82, 2.24) is 19.8 Å². The summed E-state index contributed by atoms with van der Waals surface area (Å²) in [4.78, 5) is 40.6. The molecule has 1 saturated carbocycles. The van der Waals surface area contributed by atoms with Crippen LogP contribution in [-0.2, 0) is 32.1 Å². The van der Waals surface area contributed by atoms with Crippen molar-refractivity contribution in [3.05, 3.63) is 34.9 Å². The third-order valence-electron chi connectivity index (χ3n) is 8.32. The predicted octanol–water partition coefficient (Wildman–Crippen LogP) is 0.732. The fraction of sp³-hybridized carbons (Fsp3) is 0.607. The zero-order valence-electron chi connectivity index (χ0n) is 22.1. The van der Waals surface area contributed by atoms with Crippen LogP contribution in [0.4, 0.5) is 0 Å². The highest BCUT2D eigenvalue weighted by atomic mass is 32.2. The van der Waals surface area contributed by atoms with Gasteiger partial charge in [0.25, 0.3) is 5.91 Å². The number of hydrogen-bond acceptors (Lipinski definition) is 6. The number of carbonyl (C=O) groups is 3. The lowest BCUT2D eigenvalue weighted by molar-refractivity contribution is -0.136. The van der Waals surface area contributed by atoms with Crippen molar-refractivity contribution in [3.8, 4) is 11.8 Å². The largest absolute Gasteiger partial charge is 0.388 e. The molecule has 0 bridgehead atoms. The Kier molecular flexibility index (Phi) is 9.10. The van der Waals surface area contributed by atoms with E-state index < -0.39 is 23.2 Å². The highest BCUT2D eigenvalue weighted by molar-refractivity contribution is 7.77. The van der Waals surface area contributed by atoms with Crippen LogP contribution in [0.15, 0.2) is 18.2 Å². The molecule has 1 aromatic carbocycles. The molecule has 4 N–H and O–H groups in total. The number of benzene rings is 1. The molecule has 2 atom stereocenters. The van der Waals surface area contributed by atoms with Crippen LogP contribution in [0, 0.1) is 17.8 Å². The molecule has 210 valence electrons. The summed E-state index contributed by atoms with van der Waals surface area (Å²) < 4.78 is 27.1. The van der Waals surface area contributed by atoms with Crippen LogP contribution in [0.1, 0.15) is 72.9 Å². The zero-order valence-corrected chi connectivity index (χ0v) is 22.9. The molecule has 3 fully saturated rings. The van der Waals surface area contributed by atoms with E-state index in [1.807, 2.05) is 12.1 Å². The van der Waals surface area contributed by atoms with Crippen LogP contribution in [0.25, 0.3) is 0 Å². The van der Waals surface area contributed by atoms with E-state index in [0.29, 0.717) is 31.1 Å². The summed E-state index contributed by atoms with van der Waals surface area (Å²) in [5, 5.41) is 2.33. The quantitative estimate of drug-likeness (QED) is 0.289. The van der Waals surface area contributed by atoms with Gasteiger partial charge in [-0.15, -0.1) is 0 Å². The van der Waals surface area contributed by atoms with Gasteiger partial charge in [0.05, 0.1) is 6.10 Å². The minimum absolute atomic E-state index is 0.180. The molecule has 0 spiro atoms. The Balaban J connectivity index is 1.03. The molecule has 1 aromatic rings. The van der Waals surface area contributed by atoms with Gasteiger partial charge in [-0.3, -0.25) is 19.7 Å². The average Bonchev–Trinajstić information content (AvgIpc) is 3.23. The Hall–Kier alpha value is -2.62. The molecule has 39 heavy (non-hydrogen) atoms. The first-order valence-electron chi connectivity index (χ1n) is 13.9. The number of nitrogens with one attached hydrogen (secondary N) is 2. The van der Waals surface area contributed by atoms with Crippen LogP contribution in [0.5, 0.6) is 0 Å². The van der Waals surface area contributed by atoms with E-state index in [2.05, 4.69) is 26.8 Å². The maximum atomic E-state index is 12.8. The highest BCUT2D eigenvalue weighted by Crippen LogP contribution is 2.29. The van der Waals surface area contributed by atoms with Gasteiger partial charge < -0.3 is 19.1 Å². The Labute approximate surface area is 231 Å². The number of nitrogens with zero attached hydrogens (tertiary/aromatic N) is 2. The van der Waals surface area contributed by atoms with Gasteiger partial charge in [0.15, 0.2) is 0 Å². The molecule has 2 saturated heterocycles. The third kappa shape index (κ3) is 7.13. The first-order valence-corrected chi connectivity index (χ1v) is 15.0. The second-order valence-corrected chi connectivity index (χ2v) is 11.8. The Bertz CT molecular complexity index is 1180. The molecular weight excluding hydrogens is 520 g/mol. The van der Waals surface area contributed by atoms with Crippen LogP contribution in [0.2, 0.25) is 0 Å². The molecule has 2 unspecified atom stereocenters. The topological polar surface area (TPSA) is 131 Å². The summed E-state index contributed by atoms with van der Waals surface area (Å²) in [6.45, 7) is 3.85. The molecule has 5 rings (SSSR count). The van der Waals surface area contributed by atoms with Crippen LogP contribution in [0.3, 0.4) is 0 Å². The molecule has 0 radical (unpaired) electrons. The standard InChI is InChI=1S/C28H36N4O6S/c33-26-10-9-25(27(34)29-26)32-18-21-16-19(5-8-24(21)28(32)35)2-1-15-38-23-11-13-31(14-12-23)17-20-3-6-22(7-4-20)30-39(36)37/h5,8,16,20,22-23,25,30H,3-4,6-7,9-15,17-18H2,(H,36,37)(H,29,33,34)/p+1. The van der Waals surface area contributed by atoms with Gasteiger partial charge in [-0.2, -0.15) is 8.93 Å². The average molecular weight is 558 g/mol. The molecule has 3 amide bonds. The lowest BCUT2D eigenvalue weighted by Gasteiger charge is -2.36. The molecular formula is C28H37N4O6S+. The normalized spacial score (nSPS) is 27.1. The molecule has 10 nitrogen and oxygen atoms in total. The second-order valence-electron chi connectivity index (χ2n) is 11.0. The number of hydrogen-bond donors (Lipinski definition) is 2. The smallest absolute Gasteiger partial charge is 0.365 e. The van der Waals surface area contributed by atoms with E-state index >= 15 is 0 Å². The number of imide groups is 1. The number of rotatable bonds is 7. The number of carbonyl (C=O) groups excluding carboxylic acids is 3. The van der Waals surface area contributed by atoms with E-state index in [9.17, 15) is 18.6 Å². The summed E-state index contributed by atoms with van der Waals surface area (Å²) in [6.07, 6.45) is 7.01. The van der Waals surface area contributed by atoms with E-state index in [4.69, 9.17) is 9.29 Å². The van der Waals surface area contributed by atoms with E-state index in [0.717, 1.165) is 69.3 Å². The lowest BCUT2D eigenvalue weighted by Crippen LogP contribution is -2.52. The summed E-state index contributed by atoms with van der Waals surface area (Å²) in [7, 11) is 0. The summed E-state index contributed by atoms with van der Waals surface area (Å²) in [5.74, 6) is 6.04. The molecule has 1 aliphatic carbocycles. The summed E-state index contributed by atoms with van der Waals surface area (Å²) in [5.41, 5.74) is 2.24. The maximum Gasteiger partial charge on any atom is 0.388 e. The van der Waals surface area contributed by atoms with Gasteiger partial charge in [0.1, 0.15) is 12.6 Å². The van der Waals surface area contributed by atoms with Gasteiger partial charge >= 0.3 is 11.3 Å². The van der Waals surface area contributed by atoms with E-state index in [1.54, 1.807) is 11.0 Å². The third-order valence-corrected chi connectivity index (χ3v) is 8.87. The molecule has 3 aliphatic heterocycles. The van der Waals surface area contributed by atoms with Crippen molar-refractivity contribution in [2.45, 2.75) is 76.1 Å². The molecule has 3 heterocycles. The Morgan fingerprint density at radius 1 is 1.08 bits per heavy atom. The molecule has 0 aromatic heterocycles. The molecule has 4 aliphatic rings.